The van der Waals surface area contributed by atoms with Gasteiger partial charge in [0, 0.05) is 30.4 Å². The Morgan fingerprint density at radius 2 is 1.80 bits per heavy atom. The monoisotopic (exact) mass is 340 g/mol. The van der Waals surface area contributed by atoms with E-state index < -0.39 is 0 Å². The summed E-state index contributed by atoms with van der Waals surface area (Å²) in [6.07, 6.45) is 6.68. The third-order valence-electron chi connectivity index (χ3n) is 4.00. The molecule has 0 radical (unpaired) electrons. The summed E-state index contributed by atoms with van der Waals surface area (Å²) in [5.74, 6) is 1.23. The Kier molecular flexibility index (Phi) is 6.17. The molecule has 1 heterocycles. The highest BCUT2D eigenvalue weighted by molar-refractivity contribution is 5.91. The Labute approximate surface area is 148 Å². The van der Waals surface area contributed by atoms with Gasteiger partial charge in [0.05, 0.1) is 14.2 Å². The normalized spacial score (nSPS) is 11.4. The van der Waals surface area contributed by atoms with E-state index in [-0.39, 0.29) is 11.3 Å². The average molecular weight is 340 g/mol. The first-order valence-electron chi connectivity index (χ1n) is 8.05. The zero-order valence-electron chi connectivity index (χ0n) is 15.1. The van der Waals surface area contributed by atoms with Gasteiger partial charge in [-0.25, -0.2) is 0 Å². The molecule has 1 N–H and O–H groups in total. The lowest BCUT2D eigenvalue weighted by atomic mass is 9.84. The van der Waals surface area contributed by atoms with E-state index in [1.54, 1.807) is 32.7 Å². The standard InChI is InChI=1S/C20H24N2O3/c1-20(2,16-6-7-17(24-3)18(13-16)25-4)14-22-19(23)8-5-15-9-11-21-12-10-15/h5-13H,14H2,1-4H3,(H,22,23)/b8-5+. The minimum absolute atomic E-state index is 0.134. The molecule has 1 amide bonds. The van der Waals surface area contributed by atoms with Crippen molar-refractivity contribution < 1.29 is 14.3 Å². The quantitative estimate of drug-likeness (QED) is 0.786. The molecular formula is C20H24N2O3. The molecule has 0 spiro atoms. The summed E-state index contributed by atoms with van der Waals surface area (Å²) in [7, 11) is 3.22. The summed E-state index contributed by atoms with van der Waals surface area (Å²) in [5, 5.41) is 2.94. The van der Waals surface area contributed by atoms with Gasteiger partial charge in [-0.3, -0.25) is 9.78 Å². The van der Waals surface area contributed by atoms with E-state index in [0.717, 1.165) is 11.1 Å². The Bertz CT molecular complexity index is 740. The van der Waals surface area contributed by atoms with E-state index in [1.165, 1.54) is 6.08 Å². The van der Waals surface area contributed by atoms with Crippen LogP contribution in [0.25, 0.3) is 6.08 Å². The van der Waals surface area contributed by atoms with Crippen LogP contribution in [0.5, 0.6) is 11.5 Å². The molecule has 0 bridgehead atoms. The molecule has 25 heavy (non-hydrogen) atoms. The second-order valence-corrected chi connectivity index (χ2v) is 6.29. The molecule has 5 heteroatoms. The van der Waals surface area contributed by atoms with Gasteiger partial charge in [-0.15, -0.1) is 0 Å². The maximum atomic E-state index is 12.1. The maximum absolute atomic E-state index is 12.1. The van der Waals surface area contributed by atoms with Crippen LogP contribution in [-0.2, 0) is 10.2 Å². The van der Waals surface area contributed by atoms with E-state index >= 15 is 0 Å². The highest BCUT2D eigenvalue weighted by Crippen LogP contribution is 2.32. The van der Waals surface area contributed by atoms with Gasteiger partial charge in [0.2, 0.25) is 5.91 Å². The molecule has 0 fully saturated rings. The summed E-state index contributed by atoms with van der Waals surface area (Å²) in [6.45, 7) is 4.64. The Hall–Kier alpha value is -2.82. The Morgan fingerprint density at radius 1 is 1.12 bits per heavy atom. The number of carbonyl (C=O) groups is 1. The molecule has 0 unspecified atom stereocenters. The number of nitrogens with one attached hydrogen (secondary N) is 1. The third-order valence-corrected chi connectivity index (χ3v) is 4.00. The highest BCUT2D eigenvalue weighted by atomic mass is 16.5. The number of methoxy groups -OCH3 is 2. The lowest BCUT2D eigenvalue weighted by Gasteiger charge is -2.26. The minimum atomic E-state index is -0.250. The molecule has 2 rings (SSSR count). The van der Waals surface area contributed by atoms with Crippen molar-refractivity contribution in [2.75, 3.05) is 20.8 Å². The van der Waals surface area contributed by atoms with E-state index in [0.29, 0.717) is 18.0 Å². The summed E-state index contributed by atoms with van der Waals surface area (Å²) in [6, 6.07) is 9.49. The largest absolute Gasteiger partial charge is 0.493 e. The van der Waals surface area contributed by atoms with Gasteiger partial charge < -0.3 is 14.8 Å². The second kappa shape index (κ2) is 8.33. The number of aromatic nitrogens is 1. The molecule has 132 valence electrons. The van der Waals surface area contributed by atoms with E-state index in [1.807, 2.05) is 30.3 Å². The van der Waals surface area contributed by atoms with Crippen LogP contribution < -0.4 is 14.8 Å². The Balaban J connectivity index is 2.01. The zero-order chi connectivity index (χ0) is 18.3. The molecule has 0 aliphatic carbocycles. The molecule has 0 aliphatic heterocycles. The van der Waals surface area contributed by atoms with Crippen LogP contribution in [0.2, 0.25) is 0 Å². The van der Waals surface area contributed by atoms with Gasteiger partial charge in [-0.1, -0.05) is 19.9 Å². The number of hydrogen-bond donors (Lipinski definition) is 1. The number of nitrogens with zero attached hydrogens (tertiary/aromatic N) is 1. The minimum Gasteiger partial charge on any atom is -0.493 e. The average Bonchev–Trinajstić information content (AvgIpc) is 2.65. The van der Waals surface area contributed by atoms with Crippen LogP contribution in [0.4, 0.5) is 0 Å². The lowest BCUT2D eigenvalue weighted by Crippen LogP contribution is -2.35. The number of carbonyl (C=O) groups excluding carboxylic acids is 1. The van der Waals surface area contributed by atoms with Crippen molar-refractivity contribution in [3.05, 3.63) is 59.9 Å². The molecule has 0 saturated carbocycles. The van der Waals surface area contributed by atoms with Crippen LogP contribution in [0, 0.1) is 0 Å². The Morgan fingerprint density at radius 3 is 2.44 bits per heavy atom. The predicted octanol–water partition coefficient (Wildman–Crippen LogP) is 3.21. The molecule has 0 atom stereocenters. The SMILES string of the molecule is COc1ccc(C(C)(C)CNC(=O)/C=C/c2ccncc2)cc1OC. The molecule has 0 saturated heterocycles. The number of ether oxygens (including phenoxy) is 2. The highest BCUT2D eigenvalue weighted by Gasteiger charge is 2.22. The summed E-state index contributed by atoms with van der Waals surface area (Å²) >= 11 is 0. The first kappa shape index (κ1) is 18.5. The molecule has 5 nitrogen and oxygen atoms in total. The van der Waals surface area contributed by atoms with E-state index in [9.17, 15) is 4.79 Å². The van der Waals surface area contributed by atoms with Crippen molar-refractivity contribution in [1.82, 2.24) is 10.3 Å². The molecule has 1 aromatic heterocycles. The summed E-state index contributed by atoms with van der Waals surface area (Å²) in [4.78, 5) is 16.0. The first-order chi connectivity index (χ1) is 12.0. The van der Waals surface area contributed by atoms with Crippen LogP contribution in [0.3, 0.4) is 0 Å². The van der Waals surface area contributed by atoms with Crippen LogP contribution in [0.1, 0.15) is 25.0 Å². The van der Waals surface area contributed by atoms with Crippen molar-refractivity contribution in [3.8, 4) is 11.5 Å². The molecule has 1 aromatic carbocycles. The number of pyridine rings is 1. The van der Waals surface area contributed by atoms with Gasteiger partial charge in [0.1, 0.15) is 0 Å². The van der Waals surface area contributed by atoms with Crippen LogP contribution in [0.15, 0.2) is 48.8 Å². The van der Waals surface area contributed by atoms with Gasteiger partial charge in [-0.05, 0) is 41.5 Å². The maximum Gasteiger partial charge on any atom is 0.244 e. The van der Waals surface area contributed by atoms with Crippen LogP contribution in [-0.4, -0.2) is 31.7 Å². The predicted molar refractivity (Wildman–Crippen MR) is 98.9 cm³/mol. The van der Waals surface area contributed by atoms with Crippen molar-refractivity contribution in [1.29, 1.82) is 0 Å². The van der Waals surface area contributed by atoms with Gasteiger partial charge in [0.15, 0.2) is 11.5 Å². The zero-order valence-corrected chi connectivity index (χ0v) is 15.1. The van der Waals surface area contributed by atoms with Gasteiger partial charge >= 0.3 is 0 Å². The topological polar surface area (TPSA) is 60.5 Å². The van der Waals surface area contributed by atoms with Gasteiger partial charge in [-0.2, -0.15) is 0 Å². The fraction of sp³-hybridized carbons (Fsp3) is 0.300. The van der Waals surface area contributed by atoms with Crippen LogP contribution >= 0.6 is 0 Å². The van der Waals surface area contributed by atoms with Gasteiger partial charge in [0.25, 0.3) is 0 Å². The third kappa shape index (κ3) is 5.08. The van der Waals surface area contributed by atoms with Crippen molar-refractivity contribution in [2.24, 2.45) is 0 Å². The number of benzene rings is 1. The van der Waals surface area contributed by atoms with Crippen molar-refractivity contribution in [3.63, 3.8) is 0 Å². The fourth-order valence-electron chi connectivity index (χ4n) is 2.37. The smallest absolute Gasteiger partial charge is 0.244 e. The molecular weight excluding hydrogens is 316 g/mol. The number of amides is 1. The number of hydrogen-bond acceptors (Lipinski definition) is 4. The fourth-order valence-corrected chi connectivity index (χ4v) is 2.37. The summed E-state index contributed by atoms with van der Waals surface area (Å²) < 4.78 is 10.6. The molecule has 0 aliphatic rings. The first-order valence-corrected chi connectivity index (χ1v) is 8.05. The van der Waals surface area contributed by atoms with Crippen molar-refractivity contribution >= 4 is 12.0 Å². The van der Waals surface area contributed by atoms with E-state index in [4.69, 9.17) is 9.47 Å². The van der Waals surface area contributed by atoms with E-state index in [2.05, 4.69) is 24.1 Å². The second-order valence-electron chi connectivity index (χ2n) is 6.29. The summed E-state index contributed by atoms with van der Waals surface area (Å²) in [5.41, 5.74) is 1.74. The lowest BCUT2D eigenvalue weighted by molar-refractivity contribution is -0.116. The number of rotatable bonds is 7. The molecule has 2 aromatic rings. The van der Waals surface area contributed by atoms with Crippen molar-refractivity contribution in [2.45, 2.75) is 19.3 Å².